The van der Waals surface area contributed by atoms with E-state index in [1.54, 1.807) is 11.8 Å². The lowest BCUT2D eigenvalue weighted by Gasteiger charge is -2.20. The van der Waals surface area contributed by atoms with Crippen LogP contribution in [0.1, 0.15) is 62.5 Å². The van der Waals surface area contributed by atoms with Gasteiger partial charge in [-0.3, -0.25) is 4.79 Å². The minimum Gasteiger partial charge on any atom is -0.441 e. The first-order valence-electron chi connectivity index (χ1n) is 11.2. The highest BCUT2D eigenvalue weighted by molar-refractivity contribution is 7.99. The van der Waals surface area contributed by atoms with Crippen molar-refractivity contribution >= 4 is 29.4 Å². The van der Waals surface area contributed by atoms with Crippen molar-refractivity contribution in [3.05, 3.63) is 41.3 Å². The zero-order valence-corrected chi connectivity index (χ0v) is 19.9. The van der Waals surface area contributed by atoms with Crippen LogP contribution in [0.4, 0.5) is 0 Å². The molecule has 4 nitrogen and oxygen atoms in total. The second-order valence-electron chi connectivity index (χ2n) is 7.90. The van der Waals surface area contributed by atoms with Gasteiger partial charge in [0.25, 0.3) is 0 Å². The third-order valence-electron chi connectivity index (χ3n) is 5.52. The molecule has 0 spiro atoms. The Morgan fingerprint density at radius 3 is 2.70 bits per heavy atom. The molecule has 0 saturated heterocycles. The van der Waals surface area contributed by atoms with Gasteiger partial charge in [0.2, 0.25) is 11.8 Å². The molecule has 1 N–H and O–H groups in total. The number of hydrogen-bond donors (Lipinski definition) is 1. The van der Waals surface area contributed by atoms with E-state index in [0.717, 1.165) is 47.4 Å². The third-order valence-corrected chi connectivity index (χ3v) is 7.93. The molecule has 1 amide bonds. The largest absolute Gasteiger partial charge is 0.441 e. The van der Waals surface area contributed by atoms with Gasteiger partial charge < -0.3 is 9.73 Å². The number of hydrogen-bond acceptors (Lipinski definition) is 5. The van der Waals surface area contributed by atoms with Gasteiger partial charge in [-0.25, -0.2) is 4.98 Å². The summed E-state index contributed by atoms with van der Waals surface area (Å²) in [5.74, 6) is 3.90. The summed E-state index contributed by atoms with van der Waals surface area (Å²) in [4.78, 5) is 16.7. The maximum Gasteiger partial charge on any atom is 0.230 e. The Hall–Kier alpha value is -1.40. The number of aromatic nitrogens is 1. The fourth-order valence-electron chi connectivity index (χ4n) is 3.64. The molecule has 1 heterocycles. The quantitative estimate of drug-likeness (QED) is 0.428. The molecule has 6 heteroatoms. The van der Waals surface area contributed by atoms with Gasteiger partial charge in [-0.05, 0) is 56.1 Å². The van der Waals surface area contributed by atoms with Crippen LogP contribution in [-0.4, -0.2) is 34.2 Å². The molecular weight excluding hydrogens is 412 g/mol. The van der Waals surface area contributed by atoms with E-state index in [1.807, 2.05) is 6.92 Å². The Morgan fingerprint density at radius 1 is 1.20 bits per heavy atom. The van der Waals surface area contributed by atoms with E-state index in [-0.39, 0.29) is 5.91 Å². The molecule has 0 unspecified atom stereocenters. The number of carbonyl (C=O) groups excluding carboxylic acids is 1. The standard InChI is InChI=1S/C24H34N2O2S2/c1-3-19-10-12-20(13-11-19)24-26-22(18(2)28-24)16-29-17-23(27)25-14-7-15-30-21-8-5-4-6-9-21/h10-13,21H,3-9,14-17H2,1-2H3,(H,25,27). The molecule has 2 aromatic rings. The smallest absolute Gasteiger partial charge is 0.230 e. The molecule has 0 aliphatic heterocycles. The number of benzene rings is 1. The number of nitrogens with zero attached hydrogens (tertiary/aromatic N) is 1. The second-order valence-corrected chi connectivity index (χ2v) is 10.3. The summed E-state index contributed by atoms with van der Waals surface area (Å²) in [7, 11) is 0. The second kappa shape index (κ2) is 12.5. The molecule has 0 radical (unpaired) electrons. The first-order chi connectivity index (χ1) is 14.7. The highest BCUT2D eigenvalue weighted by Crippen LogP contribution is 2.28. The van der Waals surface area contributed by atoms with Crippen LogP contribution in [0.2, 0.25) is 0 Å². The van der Waals surface area contributed by atoms with Gasteiger partial charge in [-0.15, -0.1) is 11.8 Å². The lowest BCUT2D eigenvalue weighted by atomic mass is 10.0. The molecule has 164 valence electrons. The van der Waals surface area contributed by atoms with Crippen LogP contribution >= 0.6 is 23.5 Å². The maximum absolute atomic E-state index is 12.1. The van der Waals surface area contributed by atoms with Crippen molar-refractivity contribution in [2.24, 2.45) is 0 Å². The molecule has 0 atom stereocenters. The SMILES string of the molecule is CCc1ccc(-c2nc(CSCC(=O)NCCCSC3CCCCC3)c(C)o2)cc1. The lowest BCUT2D eigenvalue weighted by molar-refractivity contribution is -0.118. The predicted molar refractivity (Wildman–Crippen MR) is 129 cm³/mol. The molecule has 1 saturated carbocycles. The fraction of sp³-hybridized carbons (Fsp3) is 0.583. The molecule has 1 fully saturated rings. The third kappa shape index (κ3) is 7.38. The Morgan fingerprint density at radius 2 is 1.97 bits per heavy atom. The number of amides is 1. The molecular formula is C24H34N2O2S2. The highest BCUT2D eigenvalue weighted by atomic mass is 32.2. The highest BCUT2D eigenvalue weighted by Gasteiger charge is 2.14. The van der Waals surface area contributed by atoms with Gasteiger partial charge in [-0.1, -0.05) is 38.3 Å². The Kier molecular flexibility index (Phi) is 9.66. The van der Waals surface area contributed by atoms with Gasteiger partial charge in [0.05, 0.1) is 11.4 Å². The molecule has 3 rings (SSSR count). The van der Waals surface area contributed by atoms with Crippen LogP contribution in [0.3, 0.4) is 0 Å². The van der Waals surface area contributed by atoms with Gasteiger partial charge in [0.1, 0.15) is 5.76 Å². The van der Waals surface area contributed by atoms with Crippen LogP contribution in [0, 0.1) is 6.92 Å². The van der Waals surface area contributed by atoms with Crippen molar-refractivity contribution in [2.45, 2.75) is 69.8 Å². The van der Waals surface area contributed by atoms with Crippen LogP contribution in [0.25, 0.3) is 11.5 Å². The van der Waals surface area contributed by atoms with Crippen molar-refractivity contribution in [1.29, 1.82) is 0 Å². The van der Waals surface area contributed by atoms with Gasteiger partial charge >= 0.3 is 0 Å². The molecule has 0 bridgehead atoms. The normalized spacial score (nSPS) is 14.7. The molecule has 1 aromatic carbocycles. The van der Waals surface area contributed by atoms with Gasteiger partial charge in [0.15, 0.2) is 0 Å². The minimum atomic E-state index is 0.110. The van der Waals surface area contributed by atoms with Crippen molar-refractivity contribution in [3.8, 4) is 11.5 Å². The van der Waals surface area contributed by atoms with Crippen molar-refractivity contribution < 1.29 is 9.21 Å². The topological polar surface area (TPSA) is 55.1 Å². The summed E-state index contributed by atoms with van der Waals surface area (Å²) in [6, 6.07) is 8.34. The average Bonchev–Trinajstić information content (AvgIpc) is 3.15. The summed E-state index contributed by atoms with van der Waals surface area (Å²) in [6.07, 6.45) is 9.02. The van der Waals surface area contributed by atoms with E-state index in [4.69, 9.17) is 4.42 Å². The van der Waals surface area contributed by atoms with E-state index >= 15 is 0 Å². The number of thioether (sulfide) groups is 2. The molecule has 1 aliphatic carbocycles. The monoisotopic (exact) mass is 446 g/mol. The van der Waals surface area contributed by atoms with E-state index in [9.17, 15) is 4.79 Å². The summed E-state index contributed by atoms with van der Waals surface area (Å²) >= 11 is 3.68. The van der Waals surface area contributed by atoms with Crippen LogP contribution < -0.4 is 5.32 Å². The maximum atomic E-state index is 12.1. The Balaban J connectivity index is 1.32. The minimum absolute atomic E-state index is 0.110. The zero-order valence-electron chi connectivity index (χ0n) is 18.2. The van der Waals surface area contributed by atoms with E-state index < -0.39 is 0 Å². The predicted octanol–water partition coefficient (Wildman–Crippen LogP) is 6.02. The summed E-state index contributed by atoms with van der Waals surface area (Å²) < 4.78 is 5.85. The van der Waals surface area contributed by atoms with Crippen LogP contribution in [0.15, 0.2) is 28.7 Å². The van der Waals surface area contributed by atoms with Crippen molar-refractivity contribution in [3.63, 3.8) is 0 Å². The summed E-state index contributed by atoms with van der Waals surface area (Å²) in [5, 5.41) is 3.90. The summed E-state index contributed by atoms with van der Waals surface area (Å²) in [5.41, 5.74) is 3.22. The van der Waals surface area contributed by atoms with E-state index in [0.29, 0.717) is 17.4 Å². The number of carbonyl (C=O) groups is 1. The first-order valence-corrected chi connectivity index (χ1v) is 13.4. The van der Waals surface area contributed by atoms with Gasteiger partial charge in [-0.2, -0.15) is 11.8 Å². The van der Waals surface area contributed by atoms with E-state index in [2.05, 4.69) is 53.3 Å². The summed E-state index contributed by atoms with van der Waals surface area (Å²) in [6.45, 7) is 4.86. The van der Waals surface area contributed by atoms with Crippen LogP contribution in [-0.2, 0) is 17.0 Å². The first kappa shape index (κ1) is 23.3. The molecule has 1 aromatic heterocycles. The molecule has 1 aliphatic rings. The number of oxazole rings is 1. The fourth-order valence-corrected chi connectivity index (χ4v) is 5.80. The van der Waals surface area contributed by atoms with Gasteiger partial charge in [0, 0.05) is 23.1 Å². The number of aryl methyl sites for hydroxylation is 2. The Labute approximate surface area is 189 Å². The van der Waals surface area contributed by atoms with Crippen LogP contribution in [0.5, 0.6) is 0 Å². The van der Waals surface area contributed by atoms with E-state index in [1.165, 1.54) is 37.7 Å². The molecule has 30 heavy (non-hydrogen) atoms. The lowest BCUT2D eigenvalue weighted by Crippen LogP contribution is -2.26. The van der Waals surface area contributed by atoms with Crippen molar-refractivity contribution in [2.75, 3.05) is 18.1 Å². The Bertz CT molecular complexity index is 783. The number of rotatable bonds is 11. The number of nitrogens with one attached hydrogen (secondary N) is 1. The van der Waals surface area contributed by atoms with Crippen molar-refractivity contribution in [1.82, 2.24) is 10.3 Å². The zero-order chi connectivity index (χ0) is 21.2. The average molecular weight is 447 g/mol.